The van der Waals surface area contributed by atoms with Crippen molar-refractivity contribution in [3.05, 3.63) is 27.9 Å². The summed E-state index contributed by atoms with van der Waals surface area (Å²) in [6.45, 7) is 5.75. The van der Waals surface area contributed by atoms with E-state index in [0.717, 1.165) is 24.7 Å². The molecule has 3 rings (SSSR count). The molecule has 3 heteroatoms. The summed E-state index contributed by atoms with van der Waals surface area (Å²) < 4.78 is 2.60. The van der Waals surface area contributed by atoms with Gasteiger partial charge in [-0.1, -0.05) is 13.8 Å². The largest absolute Gasteiger partial charge is 0.348 e. The lowest BCUT2D eigenvalue weighted by Crippen LogP contribution is -2.28. The van der Waals surface area contributed by atoms with Gasteiger partial charge in [0.2, 0.25) is 0 Å². The van der Waals surface area contributed by atoms with Crippen molar-refractivity contribution in [3.63, 3.8) is 0 Å². The Bertz CT molecular complexity index is 529. The monoisotopic (exact) mass is 324 g/mol. The number of nitrogens with zero attached hydrogens (tertiary/aromatic N) is 1. The molecule has 0 bridgehead atoms. The highest BCUT2D eigenvalue weighted by molar-refractivity contribution is 8.93. The van der Waals surface area contributed by atoms with E-state index >= 15 is 0 Å². The van der Waals surface area contributed by atoms with Crippen LogP contribution in [0.4, 0.5) is 0 Å². The smallest absolute Gasteiger partial charge is 0.0638 e. The predicted octanol–water partition coefficient (Wildman–Crippen LogP) is 3.57. The molecule has 0 saturated carbocycles. The molecule has 1 aromatic heterocycles. The Morgan fingerprint density at radius 1 is 0.947 bits per heavy atom. The molecule has 0 radical (unpaired) electrons. The summed E-state index contributed by atoms with van der Waals surface area (Å²) in [5, 5.41) is 9.37. The van der Waals surface area contributed by atoms with Crippen LogP contribution < -0.4 is 5.36 Å². The van der Waals surface area contributed by atoms with E-state index in [0.29, 0.717) is 5.92 Å². The molecule has 1 N–H and O–H groups in total. The van der Waals surface area contributed by atoms with Crippen LogP contribution in [0.25, 0.3) is 0 Å². The fourth-order valence-electron chi connectivity index (χ4n) is 3.68. The molecule has 0 amide bonds. The second-order valence-corrected chi connectivity index (χ2v) is 6.29. The Balaban J connectivity index is 0.00000133. The minimum absolute atomic E-state index is 0. The second-order valence-electron chi connectivity index (χ2n) is 6.29. The maximum Gasteiger partial charge on any atom is 0.0638 e. The summed E-state index contributed by atoms with van der Waals surface area (Å²) in [7, 11) is 0. The van der Waals surface area contributed by atoms with Gasteiger partial charge in [0.15, 0.2) is 0 Å². The van der Waals surface area contributed by atoms with E-state index in [1.54, 1.807) is 0 Å². The van der Waals surface area contributed by atoms with Crippen LogP contribution in [0.3, 0.4) is 0 Å². The van der Waals surface area contributed by atoms with Gasteiger partial charge < -0.3 is 9.98 Å². The molecule has 0 atom stereocenters. The molecule has 2 nitrogen and oxygen atoms in total. The molecule has 0 fully saturated rings. The summed E-state index contributed by atoms with van der Waals surface area (Å²) in [6, 6.07) is 0. The standard InChI is InChI=1S/C16H24N2.BrH/c1-11(2)10-18-14-8-4-3-6-12(14)16(17)13-7-5-9-15(13)18;/h11,17H,3-10H2,1-2H3;1H. The normalized spacial score (nSPS) is 17.0. The highest BCUT2D eigenvalue weighted by Gasteiger charge is 2.24. The van der Waals surface area contributed by atoms with Gasteiger partial charge in [0.05, 0.1) is 5.36 Å². The summed E-state index contributed by atoms with van der Waals surface area (Å²) in [5.74, 6) is 0.697. The topological polar surface area (TPSA) is 28.8 Å². The lowest BCUT2D eigenvalue weighted by molar-refractivity contribution is 0.476. The quantitative estimate of drug-likeness (QED) is 0.861. The lowest BCUT2D eigenvalue weighted by Gasteiger charge is -2.26. The molecule has 2 aliphatic rings. The number of nitrogens with one attached hydrogen (secondary N) is 1. The van der Waals surface area contributed by atoms with E-state index in [-0.39, 0.29) is 17.0 Å². The number of hydrogen-bond acceptors (Lipinski definition) is 1. The third-order valence-corrected chi connectivity index (χ3v) is 4.43. The molecular formula is C16H25BrN2. The second kappa shape index (κ2) is 5.82. The third-order valence-electron chi connectivity index (χ3n) is 4.43. The fourth-order valence-corrected chi connectivity index (χ4v) is 3.68. The van der Waals surface area contributed by atoms with Crippen LogP contribution >= 0.6 is 17.0 Å². The van der Waals surface area contributed by atoms with Crippen molar-refractivity contribution in [1.82, 2.24) is 4.57 Å². The summed E-state index contributed by atoms with van der Waals surface area (Å²) in [4.78, 5) is 0. The van der Waals surface area contributed by atoms with Crippen molar-refractivity contribution < 1.29 is 0 Å². The van der Waals surface area contributed by atoms with E-state index in [1.807, 2.05) is 0 Å². The first-order valence-corrected chi connectivity index (χ1v) is 7.49. The zero-order chi connectivity index (χ0) is 12.7. The van der Waals surface area contributed by atoms with E-state index in [4.69, 9.17) is 5.41 Å². The Labute approximate surface area is 126 Å². The number of fused-ring (bicyclic) bond motifs is 2. The van der Waals surface area contributed by atoms with E-state index in [9.17, 15) is 0 Å². The first kappa shape index (κ1) is 14.8. The molecule has 0 unspecified atom stereocenters. The average Bonchev–Trinajstić information content (AvgIpc) is 2.83. The van der Waals surface area contributed by atoms with Gasteiger partial charge in [0.25, 0.3) is 0 Å². The lowest BCUT2D eigenvalue weighted by atomic mass is 9.92. The zero-order valence-corrected chi connectivity index (χ0v) is 13.8. The first-order valence-electron chi connectivity index (χ1n) is 7.49. The minimum Gasteiger partial charge on any atom is -0.348 e. The maximum atomic E-state index is 8.47. The Morgan fingerprint density at radius 2 is 1.47 bits per heavy atom. The van der Waals surface area contributed by atoms with Gasteiger partial charge in [-0.05, 0) is 62.0 Å². The van der Waals surface area contributed by atoms with Gasteiger partial charge >= 0.3 is 0 Å². The van der Waals surface area contributed by atoms with Gasteiger partial charge in [-0.25, -0.2) is 0 Å². The van der Waals surface area contributed by atoms with E-state index in [1.165, 1.54) is 54.6 Å². The third kappa shape index (κ3) is 2.54. The van der Waals surface area contributed by atoms with E-state index in [2.05, 4.69) is 18.4 Å². The highest BCUT2D eigenvalue weighted by Crippen LogP contribution is 2.27. The zero-order valence-electron chi connectivity index (χ0n) is 12.1. The number of aromatic nitrogens is 1. The van der Waals surface area contributed by atoms with E-state index < -0.39 is 0 Å². The molecule has 0 saturated heterocycles. The summed E-state index contributed by atoms with van der Waals surface area (Å²) in [5.41, 5.74) is 5.74. The molecular weight excluding hydrogens is 300 g/mol. The number of rotatable bonds is 2. The van der Waals surface area contributed by atoms with Crippen LogP contribution in [0.15, 0.2) is 0 Å². The van der Waals surface area contributed by atoms with Gasteiger partial charge in [0.1, 0.15) is 0 Å². The van der Waals surface area contributed by atoms with Crippen molar-refractivity contribution in [2.45, 2.75) is 65.3 Å². The molecule has 2 aliphatic carbocycles. The molecule has 0 aliphatic heterocycles. The molecule has 0 aromatic carbocycles. The average molecular weight is 325 g/mol. The minimum atomic E-state index is 0. The van der Waals surface area contributed by atoms with Crippen molar-refractivity contribution in [3.8, 4) is 0 Å². The first-order chi connectivity index (χ1) is 8.68. The summed E-state index contributed by atoms with van der Waals surface area (Å²) >= 11 is 0. The van der Waals surface area contributed by atoms with Crippen molar-refractivity contribution in [2.24, 2.45) is 5.92 Å². The SMILES string of the molecule is Br.CC(C)Cn1c2c(c(=N)c3c1CCC3)CCCC2. The fraction of sp³-hybridized carbons (Fsp3) is 0.688. The van der Waals surface area contributed by atoms with Crippen molar-refractivity contribution in [1.29, 1.82) is 5.41 Å². The number of hydrogen-bond donors (Lipinski definition) is 1. The van der Waals surface area contributed by atoms with Crippen LogP contribution in [-0.4, -0.2) is 4.57 Å². The van der Waals surface area contributed by atoms with Crippen molar-refractivity contribution in [2.75, 3.05) is 0 Å². The number of halogens is 1. The van der Waals surface area contributed by atoms with Gasteiger partial charge in [0, 0.05) is 17.9 Å². The van der Waals surface area contributed by atoms with Crippen LogP contribution in [-0.2, 0) is 32.2 Å². The van der Waals surface area contributed by atoms with Crippen molar-refractivity contribution >= 4 is 17.0 Å². The van der Waals surface area contributed by atoms with Gasteiger partial charge in [-0.3, -0.25) is 0 Å². The van der Waals surface area contributed by atoms with Crippen LogP contribution in [0.2, 0.25) is 0 Å². The Morgan fingerprint density at radius 3 is 2.11 bits per heavy atom. The predicted molar refractivity (Wildman–Crippen MR) is 84.1 cm³/mol. The van der Waals surface area contributed by atoms with Crippen LogP contribution in [0, 0.1) is 11.3 Å². The molecule has 0 spiro atoms. The Hall–Kier alpha value is -0.570. The van der Waals surface area contributed by atoms with Crippen LogP contribution in [0.5, 0.6) is 0 Å². The molecule has 1 aromatic rings. The van der Waals surface area contributed by atoms with Gasteiger partial charge in [-0.15, -0.1) is 17.0 Å². The van der Waals surface area contributed by atoms with Crippen LogP contribution in [0.1, 0.15) is 55.6 Å². The summed E-state index contributed by atoms with van der Waals surface area (Å²) in [6.07, 6.45) is 8.51. The molecule has 19 heavy (non-hydrogen) atoms. The maximum absolute atomic E-state index is 8.47. The Kier molecular flexibility index (Phi) is 4.54. The van der Waals surface area contributed by atoms with Gasteiger partial charge in [-0.2, -0.15) is 0 Å². The highest BCUT2D eigenvalue weighted by atomic mass is 79.9. The molecule has 106 valence electrons. The molecule has 1 heterocycles. The number of pyridine rings is 1.